The molecule has 0 saturated heterocycles. The third-order valence-corrected chi connectivity index (χ3v) is 5.33. The van der Waals surface area contributed by atoms with Crippen LogP contribution in [0.15, 0.2) is 33.5 Å². The number of carboxylic acids is 1. The van der Waals surface area contributed by atoms with Gasteiger partial charge in [0.05, 0.1) is 21.7 Å². The van der Waals surface area contributed by atoms with Crippen molar-refractivity contribution in [3.05, 3.63) is 49.5 Å². The molecule has 1 heterocycles. The molecule has 3 aromatic rings. The quantitative estimate of drug-likeness (QED) is 0.646. The van der Waals surface area contributed by atoms with Gasteiger partial charge in [-0.1, -0.05) is 27.5 Å². The van der Waals surface area contributed by atoms with E-state index in [9.17, 15) is 14.7 Å². The maximum absolute atomic E-state index is 13.0. The molecule has 2 aromatic carbocycles. The van der Waals surface area contributed by atoms with Gasteiger partial charge in [-0.25, -0.2) is 0 Å². The minimum Gasteiger partial charge on any atom is -0.480 e. The Morgan fingerprint density at radius 1 is 1.28 bits per heavy atom. The zero-order valence-electron chi connectivity index (χ0n) is 13.9. The van der Waals surface area contributed by atoms with Gasteiger partial charge in [0.25, 0.3) is 0 Å². The SMILES string of the molecule is Cc1cc2c(cc1Br)c(=O)c1ccc(Cl)c(N(C)C)c1n2CC(=O)O. The number of hydrogen-bond acceptors (Lipinski definition) is 3. The van der Waals surface area contributed by atoms with Crippen LogP contribution in [0.3, 0.4) is 0 Å². The molecule has 0 aliphatic rings. The summed E-state index contributed by atoms with van der Waals surface area (Å²) in [5.74, 6) is -0.989. The largest absolute Gasteiger partial charge is 0.480 e. The molecule has 130 valence electrons. The van der Waals surface area contributed by atoms with Gasteiger partial charge in [-0.05, 0) is 36.8 Å². The highest BCUT2D eigenvalue weighted by molar-refractivity contribution is 9.10. The molecule has 25 heavy (non-hydrogen) atoms. The molecule has 1 N–H and O–H groups in total. The van der Waals surface area contributed by atoms with Gasteiger partial charge in [0.2, 0.25) is 0 Å². The summed E-state index contributed by atoms with van der Waals surface area (Å²) in [6, 6.07) is 6.89. The van der Waals surface area contributed by atoms with Crippen LogP contribution in [0, 0.1) is 6.92 Å². The number of carbonyl (C=O) groups is 1. The first-order chi connectivity index (χ1) is 11.7. The molecule has 5 nitrogen and oxygen atoms in total. The number of hydrogen-bond donors (Lipinski definition) is 1. The summed E-state index contributed by atoms with van der Waals surface area (Å²) in [6.45, 7) is 1.63. The van der Waals surface area contributed by atoms with Crippen LogP contribution in [0.1, 0.15) is 5.56 Å². The number of anilines is 1. The molecule has 1 aromatic heterocycles. The number of halogens is 2. The number of fused-ring (bicyclic) bond motifs is 2. The minimum absolute atomic E-state index is 0.146. The second-order valence-corrected chi connectivity index (χ2v) is 7.38. The second-order valence-electron chi connectivity index (χ2n) is 6.11. The standard InChI is InChI=1S/C18H16BrClN2O3/c1-9-6-14-11(7-12(9)19)18(25)10-4-5-13(20)17(21(2)3)16(10)22(14)8-15(23)24/h4-7H,8H2,1-3H3,(H,23,24). The topological polar surface area (TPSA) is 62.5 Å². The highest BCUT2D eigenvalue weighted by atomic mass is 79.9. The molecule has 0 aliphatic carbocycles. The average Bonchev–Trinajstić information content (AvgIpc) is 2.52. The first-order valence-corrected chi connectivity index (χ1v) is 8.73. The van der Waals surface area contributed by atoms with Crippen molar-refractivity contribution in [2.24, 2.45) is 0 Å². The maximum atomic E-state index is 13.0. The van der Waals surface area contributed by atoms with Gasteiger partial charge in [0.1, 0.15) is 6.54 Å². The van der Waals surface area contributed by atoms with E-state index in [1.807, 2.05) is 27.1 Å². The Kier molecular flexibility index (Phi) is 4.51. The van der Waals surface area contributed by atoms with Gasteiger partial charge < -0.3 is 14.6 Å². The van der Waals surface area contributed by atoms with E-state index in [4.69, 9.17) is 11.6 Å². The molecule has 0 atom stereocenters. The van der Waals surface area contributed by atoms with Crippen molar-refractivity contribution in [1.29, 1.82) is 0 Å². The number of benzene rings is 2. The fourth-order valence-corrected chi connectivity index (χ4v) is 3.74. The summed E-state index contributed by atoms with van der Waals surface area (Å²) in [4.78, 5) is 26.3. The van der Waals surface area contributed by atoms with E-state index < -0.39 is 5.97 Å². The van der Waals surface area contributed by atoms with E-state index in [0.717, 1.165) is 10.0 Å². The predicted octanol–water partition coefficient (Wildman–Crippen LogP) is 4.03. The maximum Gasteiger partial charge on any atom is 0.323 e. The molecule has 0 radical (unpaired) electrons. The van der Waals surface area contributed by atoms with Crippen molar-refractivity contribution in [2.75, 3.05) is 19.0 Å². The predicted molar refractivity (Wildman–Crippen MR) is 105 cm³/mol. The zero-order chi connectivity index (χ0) is 18.5. The molecule has 0 aliphatic heterocycles. The number of pyridine rings is 1. The third kappa shape index (κ3) is 2.89. The lowest BCUT2D eigenvalue weighted by atomic mass is 10.1. The number of carboxylic acid groups (broad SMARTS) is 1. The van der Waals surface area contributed by atoms with Gasteiger partial charge in [-0.3, -0.25) is 9.59 Å². The molecular weight excluding hydrogens is 408 g/mol. The van der Waals surface area contributed by atoms with Crippen LogP contribution in [-0.4, -0.2) is 29.7 Å². The summed E-state index contributed by atoms with van der Waals surface area (Å²) in [5, 5.41) is 10.8. The Hall–Kier alpha value is -2.05. The van der Waals surface area contributed by atoms with E-state index in [0.29, 0.717) is 32.5 Å². The van der Waals surface area contributed by atoms with Gasteiger partial charge in [-0.15, -0.1) is 0 Å². The number of aliphatic carboxylic acids is 1. The first kappa shape index (κ1) is 17.8. The van der Waals surface area contributed by atoms with Crippen LogP contribution in [0.25, 0.3) is 21.8 Å². The van der Waals surface area contributed by atoms with Crippen LogP contribution >= 0.6 is 27.5 Å². The van der Waals surface area contributed by atoms with Gasteiger partial charge in [0.15, 0.2) is 5.43 Å². The molecule has 0 amide bonds. The first-order valence-electron chi connectivity index (χ1n) is 7.56. The normalized spacial score (nSPS) is 11.2. The molecule has 0 fully saturated rings. The van der Waals surface area contributed by atoms with Crippen molar-refractivity contribution in [2.45, 2.75) is 13.5 Å². The Morgan fingerprint density at radius 2 is 1.96 bits per heavy atom. The fraction of sp³-hybridized carbons (Fsp3) is 0.222. The van der Waals surface area contributed by atoms with Gasteiger partial charge in [0, 0.05) is 29.3 Å². The summed E-state index contributed by atoms with van der Waals surface area (Å²) < 4.78 is 2.45. The molecule has 7 heteroatoms. The van der Waals surface area contributed by atoms with E-state index in [1.54, 1.807) is 27.7 Å². The van der Waals surface area contributed by atoms with Gasteiger partial charge >= 0.3 is 5.97 Å². The van der Waals surface area contributed by atoms with Crippen LogP contribution < -0.4 is 10.3 Å². The number of rotatable bonds is 3. The number of aryl methyl sites for hydroxylation is 1. The van der Waals surface area contributed by atoms with Crippen molar-refractivity contribution in [3.63, 3.8) is 0 Å². The number of aromatic nitrogens is 1. The third-order valence-electron chi connectivity index (χ3n) is 4.17. The van der Waals surface area contributed by atoms with Crippen molar-refractivity contribution < 1.29 is 9.90 Å². The van der Waals surface area contributed by atoms with Crippen molar-refractivity contribution >= 4 is 61.0 Å². The lowest BCUT2D eigenvalue weighted by Crippen LogP contribution is -2.20. The Labute approximate surface area is 157 Å². The van der Waals surface area contributed by atoms with E-state index in [1.165, 1.54) is 0 Å². The van der Waals surface area contributed by atoms with E-state index >= 15 is 0 Å². The second kappa shape index (κ2) is 6.35. The van der Waals surface area contributed by atoms with Crippen LogP contribution in [0.4, 0.5) is 5.69 Å². The van der Waals surface area contributed by atoms with E-state index in [2.05, 4.69) is 15.9 Å². The van der Waals surface area contributed by atoms with Crippen LogP contribution in [0.2, 0.25) is 5.02 Å². The zero-order valence-corrected chi connectivity index (χ0v) is 16.3. The molecule has 0 bridgehead atoms. The molecule has 0 saturated carbocycles. The minimum atomic E-state index is -0.989. The number of nitrogens with zero attached hydrogens (tertiary/aromatic N) is 2. The summed E-state index contributed by atoms with van der Waals surface area (Å²) in [5.41, 5.74) is 2.50. The molecule has 0 spiro atoms. The Bertz CT molecular complexity index is 1090. The average molecular weight is 424 g/mol. The van der Waals surface area contributed by atoms with Crippen LogP contribution in [0.5, 0.6) is 0 Å². The Balaban J connectivity index is 2.67. The van der Waals surface area contributed by atoms with E-state index in [-0.39, 0.29) is 12.0 Å². The smallest absolute Gasteiger partial charge is 0.323 e. The Morgan fingerprint density at radius 3 is 2.56 bits per heavy atom. The van der Waals surface area contributed by atoms with Gasteiger partial charge in [-0.2, -0.15) is 0 Å². The van der Waals surface area contributed by atoms with Crippen molar-refractivity contribution in [3.8, 4) is 0 Å². The fourth-order valence-electron chi connectivity index (χ4n) is 3.07. The highest BCUT2D eigenvalue weighted by Crippen LogP contribution is 2.35. The van der Waals surface area contributed by atoms with Crippen molar-refractivity contribution in [1.82, 2.24) is 4.57 Å². The lowest BCUT2D eigenvalue weighted by Gasteiger charge is -2.22. The molecular formula is C18H16BrClN2O3. The monoisotopic (exact) mass is 422 g/mol. The summed E-state index contributed by atoms with van der Waals surface area (Å²) in [6.07, 6.45) is 0. The lowest BCUT2D eigenvalue weighted by molar-refractivity contribution is -0.137. The summed E-state index contributed by atoms with van der Waals surface area (Å²) >= 11 is 9.80. The summed E-state index contributed by atoms with van der Waals surface area (Å²) in [7, 11) is 3.63. The highest BCUT2D eigenvalue weighted by Gasteiger charge is 2.19. The molecule has 3 rings (SSSR count). The van der Waals surface area contributed by atoms with Crippen LogP contribution in [-0.2, 0) is 11.3 Å². The molecule has 0 unspecified atom stereocenters.